The van der Waals surface area contributed by atoms with Crippen LogP contribution in [0.2, 0.25) is 0 Å². The maximum absolute atomic E-state index is 5.51. The number of rotatable bonds is 5. The summed E-state index contributed by atoms with van der Waals surface area (Å²) in [6.45, 7) is 11.7. The first-order valence-corrected chi connectivity index (χ1v) is 15.5. The number of hydrogen-bond acceptors (Lipinski definition) is 4. The van der Waals surface area contributed by atoms with Crippen LogP contribution in [-0.4, -0.2) is 48.8 Å². The summed E-state index contributed by atoms with van der Waals surface area (Å²) in [5.41, 5.74) is 2.62. The molecule has 3 aliphatic rings. The van der Waals surface area contributed by atoms with Crippen molar-refractivity contribution in [3.63, 3.8) is 0 Å². The summed E-state index contributed by atoms with van der Waals surface area (Å²) in [7, 11) is 11.4. The molecule has 0 spiro atoms. The number of aliphatic imine (C=N–C) groups is 2. The Hall–Kier alpha value is 0.359. The number of hydrogen-bond donors (Lipinski definition) is 1. The average Bonchev–Trinajstić information content (AvgIpc) is 2.77. The van der Waals surface area contributed by atoms with Crippen LogP contribution in [0.15, 0.2) is 9.98 Å². The van der Waals surface area contributed by atoms with Crippen LogP contribution in [0.1, 0.15) is 92.4 Å². The van der Waals surface area contributed by atoms with Crippen LogP contribution >= 0.6 is 20.2 Å². The summed E-state index contributed by atoms with van der Waals surface area (Å²) < 4.78 is 5.51. The molecule has 1 heterocycles. The molecule has 4 unspecified atom stereocenters. The second-order valence-corrected chi connectivity index (χ2v) is 12.3. The fourth-order valence-corrected chi connectivity index (χ4v) is 6.17. The van der Waals surface area contributed by atoms with Gasteiger partial charge in [-0.15, -0.1) is 0 Å². The van der Waals surface area contributed by atoms with Gasteiger partial charge >= 0.3 is 33.3 Å². The van der Waals surface area contributed by atoms with E-state index >= 15 is 0 Å². The Morgan fingerprint density at radius 1 is 0.844 bits per heavy atom. The van der Waals surface area contributed by atoms with Gasteiger partial charge in [-0.1, -0.05) is 20.8 Å². The van der Waals surface area contributed by atoms with Gasteiger partial charge in [0.1, 0.15) is 0 Å². The molecule has 32 heavy (non-hydrogen) atoms. The molecule has 7 heteroatoms. The zero-order valence-electron chi connectivity index (χ0n) is 20.9. The topological polar surface area (TPSA) is 46.0 Å². The minimum absolute atomic E-state index is 0.194. The molecule has 1 N–H and O–H groups in total. The molecular weight excluding hydrogens is 485 g/mol. The van der Waals surface area contributed by atoms with E-state index in [1.54, 1.807) is 0 Å². The van der Waals surface area contributed by atoms with E-state index in [0.717, 1.165) is 18.8 Å². The predicted octanol–water partition coefficient (Wildman–Crippen LogP) is 6.82. The van der Waals surface area contributed by atoms with Gasteiger partial charge < -0.3 is 10.1 Å². The standard InChI is InChI=1S/C25H45N3O.2ClH.Fe/c1-16-14-17(2)25(18(3)15-16)27-20(5)24-9-7-8-23(28-24)19(4)26-21-10-12-22(29-6)13-11-21;;;/h16-18,21-25,28H,7-15H2,1-6H3;2*1H;/q;;;+2/p-2. The first-order valence-electron chi connectivity index (χ1n) is 12.5. The van der Waals surface area contributed by atoms with Gasteiger partial charge in [-0.2, -0.15) is 0 Å². The number of halogens is 2. The Morgan fingerprint density at radius 3 is 1.84 bits per heavy atom. The molecule has 4 atom stereocenters. The Balaban J connectivity index is 0.00000114. The van der Waals surface area contributed by atoms with Crippen molar-refractivity contribution >= 4 is 31.6 Å². The molecule has 0 amide bonds. The van der Waals surface area contributed by atoms with Gasteiger partial charge in [0.15, 0.2) is 0 Å². The fraction of sp³-hybridized carbons (Fsp3) is 0.920. The number of nitrogens with zero attached hydrogens (tertiary/aromatic N) is 2. The van der Waals surface area contributed by atoms with Crippen LogP contribution in [0, 0.1) is 17.8 Å². The summed E-state index contributed by atoms with van der Waals surface area (Å²) in [4.78, 5) is 10.4. The molecule has 3 rings (SSSR count). The van der Waals surface area contributed by atoms with Crippen molar-refractivity contribution < 1.29 is 17.9 Å². The van der Waals surface area contributed by atoms with Gasteiger partial charge in [0, 0.05) is 30.6 Å². The third-order valence-electron chi connectivity index (χ3n) is 7.83. The number of methoxy groups -OCH3 is 1. The summed E-state index contributed by atoms with van der Waals surface area (Å²) in [6, 6.07) is 1.82. The zero-order chi connectivity index (χ0) is 23.7. The molecule has 0 radical (unpaired) electrons. The summed E-state index contributed by atoms with van der Waals surface area (Å²) >= 11 is 0.194. The van der Waals surface area contributed by atoms with Crippen LogP contribution < -0.4 is 5.32 Å². The van der Waals surface area contributed by atoms with Crippen molar-refractivity contribution in [2.45, 2.75) is 123 Å². The molecule has 188 valence electrons. The summed E-state index contributed by atoms with van der Waals surface area (Å²) in [5, 5.41) is 3.90. The van der Waals surface area contributed by atoms with Gasteiger partial charge in [-0.25, -0.2) is 0 Å². The van der Waals surface area contributed by atoms with Gasteiger partial charge in [-0.05, 0) is 89.4 Å². The first kappa shape index (κ1) is 28.6. The van der Waals surface area contributed by atoms with E-state index in [-0.39, 0.29) is 13.1 Å². The van der Waals surface area contributed by atoms with Crippen molar-refractivity contribution in [2.24, 2.45) is 27.7 Å². The molecule has 1 saturated heterocycles. The summed E-state index contributed by atoms with van der Waals surface area (Å²) in [5.74, 6) is 2.25. The van der Waals surface area contributed by atoms with Crippen molar-refractivity contribution in [1.29, 1.82) is 0 Å². The average molecular weight is 530 g/mol. The van der Waals surface area contributed by atoms with E-state index in [1.165, 1.54) is 56.4 Å². The van der Waals surface area contributed by atoms with E-state index in [0.29, 0.717) is 42.1 Å². The molecule has 0 bridgehead atoms. The molecule has 0 aromatic heterocycles. The SMILES string of the molecule is COC1CCC(N=C(C)C2CCCC(C(C)=NC3C(C)CC(C)CC3C)N2)CC1.[Cl][Fe][Cl]. The Bertz CT molecular complexity index is 598. The fourth-order valence-electron chi connectivity index (χ4n) is 6.17. The minimum atomic E-state index is 0.194. The van der Waals surface area contributed by atoms with Gasteiger partial charge in [0.2, 0.25) is 0 Å². The van der Waals surface area contributed by atoms with E-state index in [4.69, 9.17) is 34.9 Å². The number of ether oxygens (including phenoxy) is 1. The quantitative estimate of drug-likeness (QED) is 0.313. The molecule has 2 aliphatic carbocycles. The molecular formula is C25H45Cl2FeN3O. The maximum atomic E-state index is 5.51. The third-order valence-corrected chi connectivity index (χ3v) is 7.83. The number of piperidine rings is 1. The van der Waals surface area contributed by atoms with Gasteiger partial charge in [0.05, 0.1) is 18.2 Å². The van der Waals surface area contributed by atoms with E-state index in [9.17, 15) is 0 Å². The van der Waals surface area contributed by atoms with E-state index in [2.05, 4.69) is 39.9 Å². The Morgan fingerprint density at radius 2 is 1.34 bits per heavy atom. The Kier molecular flexibility index (Phi) is 13.1. The molecule has 1 aliphatic heterocycles. The van der Waals surface area contributed by atoms with Crippen LogP contribution in [0.25, 0.3) is 0 Å². The van der Waals surface area contributed by atoms with Gasteiger partial charge in [-0.3, -0.25) is 9.98 Å². The van der Waals surface area contributed by atoms with E-state index in [1.807, 2.05) is 7.11 Å². The monoisotopic (exact) mass is 529 g/mol. The van der Waals surface area contributed by atoms with Crippen LogP contribution in [0.4, 0.5) is 0 Å². The molecule has 3 fully saturated rings. The van der Waals surface area contributed by atoms with Crippen molar-refractivity contribution in [3.8, 4) is 0 Å². The zero-order valence-corrected chi connectivity index (χ0v) is 23.5. The second-order valence-electron chi connectivity index (χ2n) is 10.5. The van der Waals surface area contributed by atoms with Crippen LogP contribution in [0.3, 0.4) is 0 Å². The van der Waals surface area contributed by atoms with Gasteiger partial charge in [0.25, 0.3) is 0 Å². The second kappa shape index (κ2) is 14.7. The van der Waals surface area contributed by atoms with Crippen LogP contribution in [-0.2, 0) is 17.9 Å². The summed E-state index contributed by atoms with van der Waals surface area (Å²) in [6.07, 6.45) is 11.4. The number of nitrogens with one attached hydrogen (secondary N) is 1. The Labute approximate surface area is 211 Å². The molecule has 0 aromatic rings. The predicted molar refractivity (Wildman–Crippen MR) is 136 cm³/mol. The molecule has 0 aromatic carbocycles. The van der Waals surface area contributed by atoms with Crippen molar-refractivity contribution in [3.05, 3.63) is 0 Å². The molecule has 4 nitrogen and oxygen atoms in total. The third kappa shape index (κ3) is 8.86. The first-order chi connectivity index (χ1) is 15.3. The normalized spacial score (nSPS) is 39.4. The van der Waals surface area contributed by atoms with Crippen molar-refractivity contribution in [1.82, 2.24) is 5.32 Å². The van der Waals surface area contributed by atoms with Crippen LogP contribution in [0.5, 0.6) is 0 Å². The molecule has 2 saturated carbocycles. The van der Waals surface area contributed by atoms with E-state index < -0.39 is 0 Å². The van der Waals surface area contributed by atoms with Crippen molar-refractivity contribution in [2.75, 3.05) is 7.11 Å².